The molecule has 2 aromatic heterocycles. The molecule has 0 spiro atoms. The van der Waals surface area contributed by atoms with Gasteiger partial charge in [0.1, 0.15) is 11.0 Å². The first-order valence-electron chi connectivity index (χ1n) is 16.7. The topological polar surface area (TPSA) is 183 Å². The maximum Gasteiger partial charge on any atom is 0.293 e. The summed E-state index contributed by atoms with van der Waals surface area (Å²) in [5.74, 6) is 0. The Labute approximate surface area is 285 Å². The summed E-state index contributed by atoms with van der Waals surface area (Å²) in [4.78, 5) is 60.2. The number of anilines is 2. The van der Waals surface area contributed by atoms with Gasteiger partial charge >= 0.3 is 0 Å². The number of para-hydroxylation sites is 2. The lowest BCUT2D eigenvalue weighted by molar-refractivity contribution is -0.383. The highest BCUT2D eigenvalue weighted by molar-refractivity contribution is 6.04. The highest BCUT2D eigenvalue weighted by atomic mass is 16.6. The second-order valence-corrected chi connectivity index (χ2v) is 12.5. The predicted molar refractivity (Wildman–Crippen MR) is 197 cm³/mol. The van der Waals surface area contributed by atoms with Gasteiger partial charge in [0, 0.05) is 84.6 Å². The third-order valence-electron chi connectivity index (χ3n) is 9.47. The molecule has 0 radical (unpaired) electrons. The van der Waals surface area contributed by atoms with Crippen molar-refractivity contribution >= 4 is 66.4 Å². The minimum Gasteiger partial charge on any atom is -0.384 e. The molecule has 50 heavy (non-hydrogen) atoms. The predicted octanol–water partition coefficient (Wildman–Crippen LogP) is 5.41. The molecular weight excluding hydrogens is 640 g/mol. The van der Waals surface area contributed by atoms with Crippen molar-refractivity contribution in [2.24, 2.45) is 0 Å². The van der Waals surface area contributed by atoms with E-state index < -0.39 is 9.85 Å². The first-order chi connectivity index (χ1) is 24.3. The average Bonchev–Trinajstić information content (AvgIpc) is 3.12. The number of hydrogen-bond acceptors (Lipinski definition) is 10. The van der Waals surface area contributed by atoms with E-state index in [1.807, 2.05) is 0 Å². The second-order valence-electron chi connectivity index (χ2n) is 12.5. The van der Waals surface area contributed by atoms with Crippen molar-refractivity contribution in [1.29, 1.82) is 0 Å². The molecule has 4 N–H and O–H groups in total. The van der Waals surface area contributed by atoms with Crippen LogP contribution in [0, 0.1) is 20.2 Å². The van der Waals surface area contributed by atoms with Gasteiger partial charge in [-0.2, -0.15) is 0 Å². The fraction of sp³-hybridized carbons (Fsp3) is 0.278. The number of hydrogen-bond donors (Lipinski definition) is 4. The van der Waals surface area contributed by atoms with Gasteiger partial charge in [0.05, 0.1) is 20.6 Å². The highest BCUT2D eigenvalue weighted by Crippen LogP contribution is 2.31. The maximum absolute atomic E-state index is 13.4. The molecular formula is C36H36N8O6. The van der Waals surface area contributed by atoms with Crippen LogP contribution in [0.2, 0.25) is 0 Å². The Morgan fingerprint density at radius 2 is 1.00 bits per heavy atom. The average molecular weight is 677 g/mol. The third-order valence-corrected chi connectivity index (χ3v) is 9.47. The van der Waals surface area contributed by atoms with Crippen LogP contribution in [0.3, 0.4) is 0 Å². The number of aromatic nitrogens is 2. The van der Waals surface area contributed by atoms with E-state index in [9.17, 15) is 29.8 Å². The quantitative estimate of drug-likeness (QED) is 0.0566. The molecule has 0 bridgehead atoms. The van der Waals surface area contributed by atoms with Gasteiger partial charge in [0.15, 0.2) is 10.9 Å². The van der Waals surface area contributed by atoms with Crippen molar-refractivity contribution in [2.75, 3.05) is 63.0 Å². The number of non-ortho nitro benzene ring substituents is 2. The van der Waals surface area contributed by atoms with Crippen LogP contribution >= 0.6 is 0 Å². The molecule has 6 aromatic rings. The molecule has 14 nitrogen and oxygen atoms in total. The van der Waals surface area contributed by atoms with Crippen molar-refractivity contribution in [3.8, 4) is 0 Å². The van der Waals surface area contributed by atoms with Crippen LogP contribution in [0.15, 0.2) is 82.4 Å². The zero-order valence-electron chi connectivity index (χ0n) is 27.2. The maximum atomic E-state index is 13.4. The van der Waals surface area contributed by atoms with E-state index >= 15 is 0 Å². The molecule has 4 aromatic carbocycles. The van der Waals surface area contributed by atoms with E-state index in [1.54, 1.807) is 60.7 Å². The fourth-order valence-electron chi connectivity index (χ4n) is 6.91. The summed E-state index contributed by atoms with van der Waals surface area (Å²) in [7, 11) is 0. The van der Waals surface area contributed by atoms with Crippen LogP contribution in [0.25, 0.3) is 43.6 Å². The summed E-state index contributed by atoms with van der Waals surface area (Å²) in [6, 6.07) is 20.1. The Balaban J connectivity index is 0.904. The molecule has 7 rings (SSSR count). The van der Waals surface area contributed by atoms with Crippen molar-refractivity contribution in [3.05, 3.63) is 113 Å². The van der Waals surface area contributed by atoms with E-state index in [0.717, 1.165) is 52.1 Å². The minimum atomic E-state index is -0.475. The number of nitro benzene ring substituents is 2. The summed E-state index contributed by atoms with van der Waals surface area (Å²) in [5, 5.41) is 31.7. The van der Waals surface area contributed by atoms with Crippen LogP contribution in [-0.2, 0) is 0 Å². The molecule has 14 heteroatoms. The van der Waals surface area contributed by atoms with Crippen LogP contribution in [0.1, 0.15) is 12.8 Å². The van der Waals surface area contributed by atoms with Gasteiger partial charge < -0.3 is 30.4 Å². The number of nitrogens with zero attached hydrogens (tertiary/aromatic N) is 4. The third kappa shape index (κ3) is 6.33. The lowest BCUT2D eigenvalue weighted by Gasteiger charge is -2.34. The summed E-state index contributed by atoms with van der Waals surface area (Å²) in [6.45, 7) is 6.68. The van der Waals surface area contributed by atoms with Crippen molar-refractivity contribution < 1.29 is 9.85 Å². The van der Waals surface area contributed by atoms with Crippen LogP contribution in [0.5, 0.6) is 0 Å². The van der Waals surface area contributed by atoms with Gasteiger partial charge in [0.25, 0.3) is 11.4 Å². The summed E-state index contributed by atoms with van der Waals surface area (Å²) < 4.78 is 0. The summed E-state index contributed by atoms with van der Waals surface area (Å²) >= 11 is 0. The fourth-order valence-corrected chi connectivity index (χ4v) is 6.91. The number of fused-ring (bicyclic) bond motifs is 4. The molecule has 256 valence electrons. The molecule has 0 amide bonds. The number of nitrogens with one attached hydrogen (secondary N) is 4. The highest BCUT2D eigenvalue weighted by Gasteiger charge is 2.21. The minimum absolute atomic E-state index is 0.133. The number of H-pyrrole nitrogens is 2. The van der Waals surface area contributed by atoms with Crippen molar-refractivity contribution in [3.63, 3.8) is 0 Å². The number of piperazine rings is 1. The van der Waals surface area contributed by atoms with E-state index in [1.165, 1.54) is 12.1 Å². The van der Waals surface area contributed by atoms with Crippen LogP contribution in [-0.4, -0.2) is 82.0 Å². The summed E-state index contributed by atoms with van der Waals surface area (Å²) in [6.07, 6.45) is 1.68. The molecule has 1 aliphatic rings. The molecule has 1 fully saturated rings. The standard InChI is InChI=1S/C36H36N8O6/c45-35-23-7-1-3-9-25(23)39-33-29(43(47)48)13-11-27(31(33)35)37-15-5-17-41-19-21-42(22-20-41)18-6-16-38-28-12-14-30(44(49)50)34-32(28)36(46)24-8-2-4-10-26(24)40-34/h1-4,7-14,37-38H,5-6,15-22H2,(H,39,45)(H,40,46). The van der Waals surface area contributed by atoms with Gasteiger partial charge in [-0.05, 0) is 62.3 Å². The Hall–Kier alpha value is -5.86. The number of rotatable bonds is 12. The Bertz CT molecular complexity index is 2210. The first kappa shape index (κ1) is 32.7. The Morgan fingerprint density at radius 3 is 1.40 bits per heavy atom. The van der Waals surface area contributed by atoms with Crippen LogP contribution in [0.4, 0.5) is 22.7 Å². The van der Waals surface area contributed by atoms with E-state index in [0.29, 0.717) is 57.0 Å². The molecule has 1 saturated heterocycles. The lowest BCUT2D eigenvalue weighted by Crippen LogP contribution is -2.47. The second kappa shape index (κ2) is 13.9. The lowest BCUT2D eigenvalue weighted by atomic mass is 10.1. The van der Waals surface area contributed by atoms with Gasteiger partial charge in [-0.1, -0.05) is 24.3 Å². The van der Waals surface area contributed by atoms with E-state index in [-0.39, 0.29) is 33.3 Å². The van der Waals surface area contributed by atoms with Crippen molar-refractivity contribution in [2.45, 2.75) is 12.8 Å². The zero-order valence-corrected chi connectivity index (χ0v) is 27.2. The number of aromatic amines is 2. The van der Waals surface area contributed by atoms with Crippen LogP contribution < -0.4 is 21.5 Å². The number of nitro groups is 2. The van der Waals surface area contributed by atoms with Crippen molar-refractivity contribution in [1.82, 2.24) is 19.8 Å². The Morgan fingerprint density at radius 1 is 0.600 bits per heavy atom. The molecule has 0 unspecified atom stereocenters. The van der Waals surface area contributed by atoms with Gasteiger partial charge in [-0.15, -0.1) is 0 Å². The molecule has 3 heterocycles. The SMILES string of the molecule is O=c1c2ccccc2[nH]c2c([N+](=O)[O-])ccc(NCCCN3CCN(CCCNc4ccc([N+](=O)[O-])c5[nH]c6ccccc6c(=O)c45)CC3)c12. The molecule has 0 aliphatic carbocycles. The monoisotopic (exact) mass is 676 g/mol. The van der Waals surface area contributed by atoms with E-state index in [4.69, 9.17) is 0 Å². The van der Waals surface area contributed by atoms with Gasteiger partial charge in [-0.3, -0.25) is 29.8 Å². The first-order valence-corrected chi connectivity index (χ1v) is 16.7. The number of benzene rings is 4. The zero-order chi connectivity index (χ0) is 34.8. The Kier molecular flexibility index (Phi) is 9.11. The van der Waals surface area contributed by atoms with Gasteiger partial charge in [-0.25, -0.2) is 0 Å². The smallest absolute Gasteiger partial charge is 0.293 e. The van der Waals surface area contributed by atoms with E-state index in [2.05, 4.69) is 30.4 Å². The largest absolute Gasteiger partial charge is 0.384 e. The van der Waals surface area contributed by atoms with Gasteiger partial charge in [0.2, 0.25) is 0 Å². The summed E-state index contributed by atoms with van der Waals surface area (Å²) in [5.41, 5.74) is 1.97. The molecule has 1 aliphatic heterocycles. The molecule has 0 saturated carbocycles. The number of pyridine rings is 2. The normalized spacial score (nSPS) is 14.1. The molecule has 0 atom stereocenters.